The van der Waals surface area contributed by atoms with Gasteiger partial charge in [-0.25, -0.2) is 4.39 Å². The third-order valence-electron chi connectivity index (χ3n) is 4.49. The van der Waals surface area contributed by atoms with Crippen LogP contribution in [0.2, 0.25) is 0 Å². The Morgan fingerprint density at radius 1 is 1.07 bits per heavy atom. The molecule has 1 atom stereocenters. The van der Waals surface area contributed by atoms with Crippen LogP contribution in [0.25, 0.3) is 0 Å². The van der Waals surface area contributed by atoms with Crippen LogP contribution >= 0.6 is 15.9 Å². The van der Waals surface area contributed by atoms with Crippen LogP contribution < -0.4 is 21.5 Å². The SMILES string of the molecule is O=C1C[C@H](C(=O)Nc2ccc(Br)cc2)c2c(nc(Nc3ccc(F)cc3)[nH]c2=O)N1. The van der Waals surface area contributed by atoms with Crippen molar-refractivity contribution in [3.05, 3.63) is 74.7 Å². The number of halogens is 2. The topological polar surface area (TPSA) is 116 Å². The molecule has 0 fully saturated rings. The first-order chi connectivity index (χ1) is 14.4. The van der Waals surface area contributed by atoms with Crippen LogP contribution in [0.1, 0.15) is 17.9 Å². The fourth-order valence-corrected chi connectivity index (χ4v) is 3.35. The molecule has 2 heterocycles. The number of fused-ring (bicyclic) bond motifs is 1. The first-order valence-electron chi connectivity index (χ1n) is 8.92. The molecular formula is C20H15BrFN5O3. The number of rotatable bonds is 4. The largest absolute Gasteiger partial charge is 0.326 e. The van der Waals surface area contributed by atoms with Crippen molar-refractivity contribution in [1.29, 1.82) is 0 Å². The highest BCUT2D eigenvalue weighted by atomic mass is 79.9. The lowest BCUT2D eigenvalue weighted by Gasteiger charge is -2.23. The zero-order valence-electron chi connectivity index (χ0n) is 15.3. The Morgan fingerprint density at radius 3 is 2.43 bits per heavy atom. The molecule has 30 heavy (non-hydrogen) atoms. The van der Waals surface area contributed by atoms with Crippen LogP contribution in [0, 0.1) is 5.82 Å². The monoisotopic (exact) mass is 471 g/mol. The standard InChI is InChI=1S/C20H15BrFN5O3/c21-10-1-5-12(6-2-10)23-18(29)14-9-15(28)25-17-16(14)19(30)27-20(26-17)24-13-7-3-11(22)4-8-13/h1-8,14H,9H2,(H,23,29)(H3,24,25,26,27,28,30)/t14-/m0/s1. The zero-order valence-corrected chi connectivity index (χ0v) is 16.9. The molecule has 0 bridgehead atoms. The molecule has 1 aliphatic heterocycles. The van der Waals surface area contributed by atoms with Gasteiger partial charge in [0.1, 0.15) is 11.6 Å². The van der Waals surface area contributed by atoms with Gasteiger partial charge in [-0.1, -0.05) is 15.9 Å². The van der Waals surface area contributed by atoms with Crippen molar-refractivity contribution in [2.45, 2.75) is 12.3 Å². The van der Waals surface area contributed by atoms with E-state index < -0.39 is 29.1 Å². The van der Waals surface area contributed by atoms with E-state index >= 15 is 0 Å². The van der Waals surface area contributed by atoms with Gasteiger partial charge >= 0.3 is 0 Å². The fourth-order valence-electron chi connectivity index (χ4n) is 3.09. The Labute approximate surface area is 178 Å². The first-order valence-corrected chi connectivity index (χ1v) is 9.71. The van der Waals surface area contributed by atoms with E-state index in [-0.39, 0.29) is 23.8 Å². The summed E-state index contributed by atoms with van der Waals surface area (Å²) in [4.78, 5) is 44.4. The molecule has 8 nitrogen and oxygen atoms in total. The summed E-state index contributed by atoms with van der Waals surface area (Å²) in [6, 6.07) is 12.4. The maximum atomic E-state index is 13.1. The van der Waals surface area contributed by atoms with Crippen molar-refractivity contribution in [3.63, 3.8) is 0 Å². The Kier molecular flexibility index (Phi) is 5.32. The molecule has 1 aliphatic rings. The van der Waals surface area contributed by atoms with Crippen molar-refractivity contribution in [1.82, 2.24) is 9.97 Å². The van der Waals surface area contributed by atoms with Crippen LogP contribution in [0.3, 0.4) is 0 Å². The van der Waals surface area contributed by atoms with Gasteiger partial charge in [0.25, 0.3) is 5.56 Å². The van der Waals surface area contributed by atoms with Gasteiger partial charge in [0.15, 0.2) is 0 Å². The molecule has 0 unspecified atom stereocenters. The average molecular weight is 472 g/mol. The number of hydrogen-bond acceptors (Lipinski definition) is 5. The minimum atomic E-state index is -0.992. The molecule has 2 amide bonds. The quantitative estimate of drug-likeness (QED) is 0.464. The van der Waals surface area contributed by atoms with E-state index in [0.717, 1.165) is 4.47 Å². The number of carbonyl (C=O) groups is 2. The van der Waals surface area contributed by atoms with Gasteiger partial charge in [0.2, 0.25) is 17.8 Å². The molecule has 0 saturated heterocycles. The minimum absolute atomic E-state index is 0.00979. The minimum Gasteiger partial charge on any atom is -0.326 e. The van der Waals surface area contributed by atoms with Gasteiger partial charge in [0, 0.05) is 22.3 Å². The number of nitrogens with zero attached hydrogens (tertiary/aromatic N) is 1. The van der Waals surface area contributed by atoms with E-state index in [2.05, 4.69) is 41.8 Å². The smallest absolute Gasteiger partial charge is 0.258 e. The van der Waals surface area contributed by atoms with Crippen LogP contribution in [-0.4, -0.2) is 21.8 Å². The summed E-state index contributed by atoms with van der Waals surface area (Å²) in [5, 5.41) is 8.09. The third kappa shape index (κ3) is 4.23. The Balaban J connectivity index is 1.62. The third-order valence-corrected chi connectivity index (χ3v) is 5.01. The Bertz CT molecular complexity index is 1180. The van der Waals surface area contributed by atoms with E-state index in [1.165, 1.54) is 24.3 Å². The molecule has 4 N–H and O–H groups in total. The Morgan fingerprint density at radius 2 is 1.73 bits per heavy atom. The number of amides is 2. The van der Waals surface area contributed by atoms with Crippen LogP contribution in [0.15, 0.2) is 57.8 Å². The predicted molar refractivity (Wildman–Crippen MR) is 113 cm³/mol. The molecule has 4 rings (SSSR count). The summed E-state index contributed by atoms with van der Waals surface area (Å²) in [6.07, 6.45) is -0.176. The molecular weight excluding hydrogens is 457 g/mol. The van der Waals surface area contributed by atoms with Crippen molar-refractivity contribution in [2.24, 2.45) is 0 Å². The normalized spacial score (nSPS) is 15.1. The lowest BCUT2D eigenvalue weighted by atomic mass is 9.92. The molecule has 0 saturated carbocycles. The van der Waals surface area contributed by atoms with E-state index in [9.17, 15) is 18.8 Å². The molecule has 152 valence electrons. The fraction of sp³-hybridized carbons (Fsp3) is 0.100. The second-order valence-corrected chi connectivity index (χ2v) is 7.53. The van der Waals surface area contributed by atoms with Gasteiger partial charge in [-0.05, 0) is 48.5 Å². The number of hydrogen-bond donors (Lipinski definition) is 4. The van der Waals surface area contributed by atoms with E-state index in [0.29, 0.717) is 11.4 Å². The molecule has 10 heteroatoms. The van der Waals surface area contributed by atoms with Gasteiger partial charge in [-0.2, -0.15) is 4.98 Å². The number of benzene rings is 2. The van der Waals surface area contributed by atoms with E-state index in [4.69, 9.17) is 0 Å². The van der Waals surface area contributed by atoms with E-state index in [1.54, 1.807) is 24.3 Å². The van der Waals surface area contributed by atoms with Crippen LogP contribution in [0.4, 0.5) is 27.5 Å². The van der Waals surface area contributed by atoms with Crippen molar-refractivity contribution >= 4 is 50.9 Å². The lowest BCUT2D eigenvalue weighted by molar-refractivity contribution is -0.123. The van der Waals surface area contributed by atoms with Gasteiger partial charge < -0.3 is 16.0 Å². The number of carbonyl (C=O) groups excluding carboxylic acids is 2. The summed E-state index contributed by atoms with van der Waals surface area (Å²) in [5.74, 6) is -2.24. The second-order valence-electron chi connectivity index (χ2n) is 6.61. The van der Waals surface area contributed by atoms with Gasteiger partial charge in [-0.15, -0.1) is 0 Å². The van der Waals surface area contributed by atoms with Crippen LogP contribution in [0.5, 0.6) is 0 Å². The number of aromatic amines is 1. The molecule has 1 aromatic heterocycles. The van der Waals surface area contributed by atoms with Crippen molar-refractivity contribution < 1.29 is 14.0 Å². The summed E-state index contributed by atoms with van der Waals surface area (Å²) >= 11 is 3.32. The number of H-pyrrole nitrogens is 1. The Hall–Kier alpha value is -3.53. The summed E-state index contributed by atoms with van der Waals surface area (Å²) in [7, 11) is 0. The zero-order chi connectivity index (χ0) is 21.3. The highest BCUT2D eigenvalue weighted by Gasteiger charge is 2.34. The summed E-state index contributed by atoms with van der Waals surface area (Å²) < 4.78 is 13.9. The maximum absolute atomic E-state index is 13.1. The molecule has 3 aromatic rings. The average Bonchev–Trinajstić information content (AvgIpc) is 2.70. The van der Waals surface area contributed by atoms with Gasteiger partial charge in [-0.3, -0.25) is 19.4 Å². The van der Waals surface area contributed by atoms with E-state index in [1.807, 2.05) is 0 Å². The molecule has 0 aliphatic carbocycles. The number of aromatic nitrogens is 2. The summed E-state index contributed by atoms with van der Waals surface area (Å²) in [5.41, 5.74) is 0.551. The second kappa shape index (κ2) is 8.07. The first kappa shape index (κ1) is 19.8. The highest BCUT2D eigenvalue weighted by molar-refractivity contribution is 9.10. The molecule has 0 radical (unpaired) electrons. The van der Waals surface area contributed by atoms with Crippen molar-refractivity contribution in [3.8, 4) is 0 Å². The predicted octanol–water partition coefficient (Wildman–Crippen LogP) is 3.48. The van der Waals surface area contributed by atoms with Crippen LogP contribution in [-0.2, 0) is 9.59 Å². The maximum Gasteiger partial charge on any atom is 0.258 e. The number of nitrogens with one attached hydrogen (secondary N) is 4. The number of anilines is 4. The molecule has 2 aromatic carbocycles. The van der Waals surface area contributed by atoms with Gasteiger partial charge in [0.05, 0.1) is 11.5 Å². The lowest BCUT2D eigenvalue weighted by Crippen LogP contribution is -2.36. The molecule has 0 spiro atoms. The highest BCUT2D eigenvalue weighted by Crippen LogP contribution is 2.30. The van der Waals surface area contributed by atoms with Crippen molar-refractivity contribution in [2.75, 3.05) is 16.0 Å². The summed E-state index contributed by atoms with van der Waals surface area (Å²) in [6.45, 7) is 0.